The van der Waals surface area contributed by atoms with E-state index >= 15 is 0 Å². The lowest BCUT2D eigenvalue weighted by Crippen LogP contribution is -2.57. The first kappa shape index (κ1) is 16.8. The van der Waals surface area contributed by atoms with Gasteiger partial charge in [0.05, 0.1) is 6.10 Å². The third kappa shape index (κ3) is 2.06. The molecule has 3 unspecified atom stereocenters. The Hall–Kier alpha value is -0.700. The Morgan fingerprint density at radius 1 is 1.08 bits per heavy atom. The summed E-state index contributed by atoms with van der Waals surface area (Å²) in [5.74, 6) is 2.97. The molecule has 0 aromatic rings. The average Bonchev–Trinajstić information content (AvgIpc) is 2.86. The van der Waals surface area contributed by atoms with E-state index in [1.807, 2.05) is 0 Å². The Kier molecular flexibility index (Phi) is 3.77. The number of aliphatic hydroxyl groups is 1. The molecule has 134 valence electrons. The summed E-state index contributed by atoms with van der Waals surface area (Å²) in [6, 6.07) is 0. The summed E-state index contributed by atoms with van der Waals surface area (Å²) in [4.78, 5) is 25.1. The van der Waals surface area contributed by atoms with E-state index in [0.717, 1.165) is 32.1 Å². The number of aliphatic hydroxyl groups excluding tert-OH is 1. The van der Waals surface area contributed by atoms with Crippen LogP contribution in [0, 0.1) is 40.4 Å². The van der Waals surface area contributed by atoms with Gasteiger partial charge in [-0.3, -0.25) is 9.59 Å². The van der Waals surface area contributed by atoms with E-state index in [-0.39, 0.29) is 16.7 Å². The molecule has 24 heavy (non-hydrogen) atoms. The zero-order valence-electron chi connectivity index (χ0n) is 15.4. The molecule has 0 bridgehead atoms. The largest absolute Gasteiger partial charge is 0.393 e. The zero-order valence-corrected chi connectivity index (χ0v) is 15.4. The number of fused-ring (bicyclic) bond motifs is 5. The maximum absolute atomic E-state index is 12.9. The number of ketones is 2. The van der Waals surface area contributed by atoms with Gasteiger partial charge in [0.15, 0.2) is 0 Å². The fourth-order valence-electron chi connectivity index (χ4n) is 7.74. The molecule has 4 aliphatic rings. The maximum Gasteiger partial charge on any atom is 0.141 e. The van der Waals surface area contributed by atoms with Crippen molar-refractivity contribution in [2.45, 2.75) is 78.2 Å². The van der Waals surface area contributed by atoms with E-state index in [1.54, 1.807) is 6.92 Å². The van der Waals surface area contributed by atoms with Crippen LogP contribution in [0.15, 0.2) is 0 Å². The van der Waals surface area contributed by atoms with Crippen LogP contribution in [-0.2, 0) is 9.59 Å². The van der Waals surface area contributed by atoms with Gasteiger partial charge in [-0.05, 0) is 81.0 Å². The summed E-state index contributed by atoms with van der Waals surface area (Å²) in [6.45, 7) is 6.34. The average molecular weight is 332 g/mol. The fraction of sp³-hybridized carbons (Fsp3) is 0.905. The van der Waals surface area contributed by atoms with E-state index in [4.69, 9.17) is 0 Å². The predicted octanol–water partition coefficient (Wildman–Crippen LogP) is 3.77. The number of hydrogen-bond acceptors (Lipinski definition) is 3. The van der Waals surface area contributed by atoms with Crippen molar-refractivity contribution < 1.29 is 14.7 Å². The van der Waals surface area contributed by atoms with Crippen molar-refractivity contribution in [2.24, 2.45) is 40.4 Å². The van der Waals surface area contributed by atoms with Crippen LogP contribution in [0.3, 0.4) is 0 Å². The minimum Gasteiger partial charge on any atom is -0.393 e. The second-order valence-corrected chi connectivity index (χ2v) is 9.74. The molecule has 3 nitrogen and oxygen atoms in total. The minimum absolute atomic E-state index is 0.160. The summed E-state index contributed by atoms with van der Waals surface area (Å²) in [5, 5.41) is 10.1. The minimum atomic E-state index is -0.422. The van der Waals surface area contributed by atoms with Gasteiger partial charge in [0.1, 0.15) is 11.6 Å². The second kappa shape index (κ2) is 5.40. The van der Waals surface area contributed by atoms with Crippen LogP contribution in [0.5, 0.6) is 0 Å². The number of rotatable bonds is 1. The normalized spacial score (nSPS) is 53.9. The van der Waals surface area contributed by atoms with Gasteiger partial charge in [0.2, 0.25) is 0 Å². The molecule has 0 saturated heterocycles. The molecule has 0 heterocycles. The molecule has 3 heteroatoms. The number of carbonyl (C=O) groups excluding carboxylic acids is 2. The van der Waals surface area contributed by atoms with Crippen molar-refractivity contribution in [3.63, 3.8) is 0 Å². The van der Waals surface area contributed by atoms with Crippen molar-refractivity contribution in [1.82, 2.24) is 0 Å². The third-order valence-electron chi connectivity index (χ3n) is 8.97. The SMILES string of the molecule is CC(=O)[C@H]1CCC2C3CC[C@H]4C[C@H](O)CC(=O)[C@]4(C)C3CC[C@@]21C. The van der Waals surface area contributed by atoms with Crippen molar-refractivity contribution in [3.05, 3.63) is 0 Å². The van der Waals surface area contributed by atoms with Gasteiger partial charge in [0.25, 0.3) is 0 Å². The van der Waals surface area contributed by atoms with Crippen LogP contribution in [0.25, 0.3) is 0 Å². The van der Waals surface area contributed by atoms with Crippen LogP contribution in [0.1, 0.15) is 72.1 Å². The van der Waals surface area contributed by atoms with Gasteiger partial charge in [-0.2, -0.15) is 0 Å². The van der Waals surface area contributed by atoms with Crippen LogP contribution >= 0.6 is 0 Å². The Labute approximate surface area is 145 Å². The first-order valence-corrected chi connectivity index (χ1v) is 10.00. The lowest BCUT2D eigenvalue weighted by atomic mass is 9.44. The van der Waals surface area contributed by atoms with Gasteiger partial charge in [-0.25, -0.2) is 0 Å². The summed E-state index contributed by atoms with van der Waals surface area (Å²) < 4.78 is 0. The molecule has 0 amide bonds. The molecule has 4 fully saturated rings. The Morgan fingerprint density at radius 2 is 1.83 bits per heavy atom. The molecule has 4 saturated carbocycles. The van der Waals surface area contributed by atoms with E-state index in [9.17, 15) is 14.7 Å². The molecule has 8 atom stereocenters. The highest BCUT2D eigenvalue weighted by atomic mass is 16.3. The van der Waals surface area contributed by atoms with Crippen LogP contribution < -0.4 is 0 Å². The third-order valence-corrected chi connectivity index (χ3v) is 8.97. The highest BCUT2D eigenvalue weighted by Crippen LogP contribution is 2.66. The monoisotopic (exact) mass is 332 g/mol. The number of hydrogen-bond donors (Lipinski definition) is 1. The topological polar surface area (TPSA) is 54.4 Å². The van der Waals surface area contributed by atoms with E-state index in [2.05, 4.69) is 13.8 Å². The van der Waals surface area contributed by atoms with Gasteiger partial charge in [0, 0.05) is 17.8 Å². The smallest absolute Gasteiger partial charge is 0.141 e. The Balaban J connectivity index is 1.66. The van der Waals surface area contributed by atoms with E-state index < -0.39 is 6.10 Å². The quantitative estimate of drug-likeness (QED) is 0.795. The molecule has 0 aromatic heterocycles. The first-order chi connectivity index (χ1) is 11.3. The standard InChI is InChI=1S/C21H32O3/c1-12(22)16-6-7-17-15-5-4-13-10-14(23)11-19(24)21(13,3)18(15)8-9-20(16,17)2/h13-18,23H,4-11H2,1-3H3/t13-,14-,15?,16+,17?,18?,20+,21-/m0/s1. The molecule has 0 aromatic carbocycles. The van der Waals surface area contributed by atoms with Gasteiger partial charge >= 0.3 is 0 Å². The maximum atomic E-state index is 12.9. The molecule has 0 spiro atoms. The van der Waals surface area contributed by atoms with Crippen LogP contribution in [0.4, 0.5) is 0 Å². The van der Waals surface area contributed by atoms with Crippen molar-refractivity contribution >= 4 is 11.6 Å². The van der Waals surface area contributed by atoms with Crippen molar-refractivity contribution in [1.29, 1.82) is 0 Å². The molecule has 0 aliphatic heterocycles. The van der Waals surface area contributed by atoms with Crippen molar-refractivity contribution in [2.75, 3.05) is 0 Å². The highest BCUT2D eigenvalue weighted by Gasteiger charge is 2.62. The summed E-state index contributed by atoms with van der Waals surface area (Å²) in [5.41, 5.74) is -0.0643. The molecular weight excluding hydrogens is 300 g/mol. The number of Topliss-reactive ketones (excluding diaryl/α,β-unsaturated/α-hetero) is 2. The lowest BCUT2D eigenvalue weighted by molar-refractivity contribution is -0.163. The molecule has 4 rings (SSSR count). The highest BCUT2D eigenvalue weighted by molar-refractivity contribution is 5.86. The Morgan fingerprint density at radius 3 is 2.54 bits per heavy atom. The van der Waals surface area contributed by atoms with E-state index in [0.29, 0.717) is 41.7 Å². The molecule has 4 aliphatic carbocycles. The summed E-state index contributed by atoms with van der Waals surface area (Å²) in [7, 11) is 0. The number of carbonyl (C=O) groups is 2. The summed E-state index contributed by atoms with van der Waals surface area (Å²) in [6.07, 6.45) is 7.42. The van der Waals surface area contributed by atoms with Crippen LogP contribution in [-0.4, -0.2) is 22.8 Å². The molecule has 1 N–H and O–H groups in total. The van der Waals surface area contributed by atoms with Gasteiger partial charge in [-0.1, -0.05) is 13.8 Å². The zero-order chi connectivity index (χ0) is 17.3. The van der Waals surface area contributed by atoms with E-state index in [1.165, 1.54) is 12.8 Å². The summed E-state index contributed by atoms with van der Waals surface area (Å²) >= 11 is 0. The molecule has 0 radical (unpaired) electrons. The Bertz CT molecular complexity index is 569. The second-order valence-electron chi connectivity index (χ2n) is 9.74. The lowest BCUT2D eigenvalue weighted by Gasteiger charge is -2.59. The fourth-order valence-corrected chi connectivity index (χ4v) is 7.74. The first-order valence-electron chi connectivity index (χ1n) is 10.00. The van der Waals surface area contributed by atoms with Gasteiger partial charge in [-0.15, -0.1) is 0 Å². The van der Waals surface area contributed by atoms with Gasteiger partial charge < -0.3 is 5.11 Å². The molecular formula is C21H32O3. The predicted molar refractivity (Wildman–Crippen MR) is 92.3 cm³/mol. The van der Waals surface area contributed by atoms with Crippen LogP contribution in [0.2, 0.25) is 0 Å². The van der Waals surface area contributed by atoms with Crippen molar-refractivity contribution in [3.8, 4) is 0 Å².